The van der Waals surface area contributed by atoms with Gasteiger partial charge in [0, 0.05) is 25.1 Å². The molecule has 1 aliphatic rings. The number of fused-ring (bicyclic) bond motifs is 1. The summed E-state index contributed by atoms with van der Waals surface area (Å²) in [6.45, 7) is 1.56. The number of hydrogen-bond donors (Lipinski definition) is 2. The zero-order valence-corrected chi connectivity index (χ0v) is 14.2. The van der Waals surface area contributed by atoms with Gasteiger partial charge in [-0.25, -0.2) is 24.3 Å². The number of H-pyrrole nitrogens is 1. The van der Waals surface area contributed by atoms with Crippen molar-refractivity contribution in [1.82, 2.24) is 29.5 Å². The minimum atomic E-state index is -0.118. The molecule has 0 saturated carbocycles. The van der Waals surface area contributed by atoms with Gasteiger partial charge in [-0.2, -0.15) is 0 Å². The van der Waals surface area contributed by atoms with Gasteiger partial charge in [0.05, 0.1) is 17.4 Å². The average molecular weight is 351 g/mol. The molecule has 0 spiro atoms. The van der Waals surface area contributed by atoms with Gasteiger partial charge >= 0.3 is 0 Å². The van der Waals surface area contributed by atoms with Crippen LogP contribution in [0, 0.1) is 5.82 Å². The molecule has 0 radical (unpaired) electrons. The number of aromatic nitrogens is 6. The molecule has 0 fully saturated rings. The molecule has 26 heavy (non-hydrogen) atoms. The van der Waals surface area contributed by atoms with Gasteiger partial charge in [-0.3, -0.25) is 0 Å². The summed E-state index contributed by atoms with van der Waals surface area (Å²) in [4.78, 5) is 20.3. The van der Waals surface area contributed by atoms with Crippen LogP contribution in [0.3, 0.4) is 0 Å². The van der Waals surface area contributed by atoms with E-state index in [1.165, 1.54) is 12.4 Å². The highest BCUT2D eigenvalue weighted by Gasteiger charge is 2.19. The zero-order valence-electron chi connectivity index (χ0n) is 14.2. The average Bonchev–Trinajstić information content (AvgIpc) is 3.19. The number of halogens is 1. The Morgan fingerprint density at radius 3 is 3.12 bits per heavy atom. The van der Waals surface area contributed by atoms with Crippen LogP contribution in [0.5, 0.6) is 0 Å². The Labute approximate surface area is 148 Å². The molecule has 3 aromatic heterocycles. The first-order valence-electron chi connectivity index (χ1n) is 8.86. The fourth-order valence-corrected chi connectivity index (χ4v) is 3.75. The van der Waals surface area contributed by atoms with Gasteiger partial charge in [-0.15, -0.1) is 0 Å². The molecule has 8 heteroatoms. The number of nitrogens with zero attached hydrogens (tertiary/aromatic N) is 5. The quantitative estimate of drug-likeness (QED) is 0.591. The third-order valence-corrected chi connectivity index (χ3v) is 4.96. The maximum Gasteiger partial charge on any atom is 0.182 e. The number of imidazole rings is 2. The summed E-state index contributed by atoms with van der Waals surface area (Å²) in [6.07, 6.45) is 6.67. The zero-order chi connectivity index (χ0) is 17.5. The number of rotatable bonds is 4. The topological polar surface area (TPSA) is 84.3 Å². The Kier molecular flexibility index (Phi) is 3.55. The molecule has 0 atom stereocenters. The summed E-state index contributed by atoms with van der Waals surface area (Å²) in [5.74, 6) is 1.59. The largest absolute Gasteiger partial charge is 0.368 e. The van der Waals surface area contributed by atoms with Crippen molar-refractivity contribution in [2.24, 2.45) is 0 Å². The summed E-state index contributed by atoms with van der Waals surface area (Å²) >= 11 is 0. The first-order valence-corrected chi connectivity index (χ1v) is 8.86. The Morgan fingerprint density at radius 2 is 2.15 bits per heavy atom. The number of hydrogen-bond acceptors (Lipinski definition) is 5. The van der Waals surface area contributed by atoms with Gasteiger partial charge in [0.1, 0.15) is 23.5 Å². The van der Waals surface area contributed by atoms with Crippen molar-refractivity contribution in [2.45, 2.75) is 32.2 Å². The standard InChI is InChI=1S/C18H18FN7/c19-12-4-5-13-16-11(12)3-1-2-8-26(16)14(25-13)6-7-20-17-15-18(22-9-21-15)24-10-23-17/h4-5,9-10H,1-3,6-8H2,(H2,20,21,22,23,24). The monoisotopic (exact) mass is 351 g/mol. The fourth-order valence-electron chi connectivity index (χ4n) is 3.75. The third kappa shape index (κ3) is 2.40. The van der Waals surface area contributed by atoms with Crippen LogP contribution in [0.4, 0.5) is 10.2 Å². The van der Waals surface area contributed by atoms with Gasteiger partial charge < -0.3 is 14.9 Å². The van der Waals surface area contributed by atoms with Crippen LogP contribution in [-0.4, -0.2) is 36.0 Å². The lowest BCUT2D eigenvalue weighted by Crippen LogP contribution is -2.11. The Morgan fingerprint density at radius 1 is 1.19 bits per heavy atom. The molecule has 1 aliphatic heterocycles. The van der Waals surface area contributed by atoms with E-state index in [4.69, 9.17) is 4.98 Å². The van der Waals surface area contributed by atoms with Crippen LogP contribution in [0.2, 0.25) is 0 Å². The Hall–Kier alpha value is -3.03. The Balaban J connectivity index is 1.43. The molecular weight excluding hydrogens is 333 g/mol. The highest BCUT2D eigenvalue weighted by molar-refractivity contribution is 5.82. The number of nitrogens with one attached hydrogen (secondary N) is 2. The van der Waals surface area contributed by atoms with Gasteiger partial charge in [0.25, 0.3) is 0 Å². The number of anilines is 1. The van der Waals surface area contributed by atoms with Crippen molar-refractivity contribution >= 4 is 28.0 Å². The molecule has 7 nitrogen and oxygen atoms in total. The molecule has 0 bridgehead atoms. The van der Waals surface area contributed by atoms with Crippen molar-refractivity contribution in [3.63, 3.8) is 0 Å². The van der Waals surface area contributed by atoms with E-state index in [1.807, 2.05) is 0 Å². The molecule has 4 aromatic rings. The second-order valence-electron chi connectivity index (χ2n) is 6.53. The smallest absolute Gasteiger partial charge is 0.182 e. The van der Waals surface area contributed by atoms with Crippen molar-refractivity contribution in [1.29, 1.82) is 0 Å². The van der Waals surface area contributed by atoms with Crippen LogP contribution < -0.4 is 5.32 Å². The Bertz CT molecular complexity index is 1100. The van der Waals surface area contributed by atoms with Crippen molar-refractivity contribution in [2.75, 3.05) is 11.9 Å². The van der Waals surface area contributed by atoms with E-state index in [0.717, 1.165) is 66.0 Å². The van der Waals surface area contributed by atoms with Crippen LogP contribution in [0.15, 0.2) is 24.8 Å². The molecule has 2 N–H and O–H groups in total. The minimum absolute atomic E-state index is 0.118. The molecule has 0 aliphatic carbocycles. The van der Waals surface area contributed by atoms with Crippen LogP contribution in [-0.2, 0) is 19.4 Å². The third-order valence-electron chi connectivity index (χ3n) is 4.96. The lowest BCUT2D eigenvalue weighted by Gasteiger charge is -2.09. The van der Waals surface area contributed by atoms with E-state index >= 15 is 0 Å². The maximum atomic E-state index is 14.2. The minimum Gasteiger partial charge on any atom is -0.368 e. The van der Waals surface area contributed by atoms with Crippen molar-refractivity contribution in [3.05, 3.63) is 42.0 Å². The van der Waals surface area contributed by atoms with E-state index in [0.29, 0.717) is 12.2 Å². The van der Waals surface area contributed by atoms with Crippen molar-refractivity contribution < 1.29 is 4.39 Å². The van der Waals surface area contributed by atoms with Gasteiger partial charge in [-0.05, 0) is 31.4 Å². The van der Waals surface area contributed by atoms with Crippen LogP contribution >= 0.6 is 0 Å². The molecule has 5 rings (SSSR count). The SMILES string of the molecule is Fc1ccc2nc(CCNc3ncnc4nc[nH]c34)n3c2c1CCCC3. The first-order chi connectivity index (χ1) is 12.8. The molecule has 0 amide bonds. The number of aryl methyl sites for hydroxylation is 2. The lowest BCUT2D eigenvalue weighted by molar-refractivity contribution is 0.597. The molecule has 4 heterocycles. The molecule has 132 valence electrons. The fraction of sp³-hybridized carbons (Fsp3) is 0.333. The van der Waals surface area contributed by atoms with Gasteiger partial charge in [0.15, 0.2) is 11.5 Å². The molecular formula is C18H18FN7. The summed E-state index contributed by atoms with van der Waals surface area (Å²) in [6, 6.07) is 3.32. The van der Waals surface area contributed by atoms with E-state index in [-0.39, 0.29) is 5.82 Å². The number of benzene rings is 1. The first kappa shape index (κ1) is 15.2. The van der Waals surface area contributed by atoms with Gasteiger partial charge in [-0.1, -0.05) is 0 Å². The van der Waals surface area contributed by atoms with E-state index in [2.05, 4.69) is 29.8 Å². The molecule has 0 saturated heterocycles. The van der Waals surface area contributed by atoms with Crippen molar-refractivity contribution in [3.8, 4) is 0 Å². The highest BCUT2D eigenvalue weighted by atomic mass is 19.1. The highest BCUT2D eigenvalue weighted by Crippen LogP contribution is 2.28. The lowest BCUT2D eigenvalue weighted by atomic mass is 10.1. The molecule has 1 aromatic carbocycles. The second kappa shape index (κ2) is 6.05. The predicted molar refractivity (Wildman–Crippen MR) is 96.5 cm³/mol. The van der Waals surface area contributed by atoms with Crippen LogP contribution in [0.25, 0.3) is 22.2 Å². The van der Waals surface area contributed by atoms with E-state index in [1.54, 1.807) is 12.4 Å². The number of aromatic amines is 1. The summed E-state index contributed by atoms with van der Waals surface area (Å²) in [5, 5.41) is 3.33. The van der Waals surface area contributed by atoms with E-state index < -0.39 is 0 Å². The van der Waals surface area contributed by atoms with E-state index in [9.17, 15) is 4.39 Å². The van der Waals surface area contributed by atoms with Crippen LogP contribution in [0.1, 0.15) is 24.2 Å². The summed E-state index contributed by atoms with van der Waals surface area (Å²) in [7, 11) is 0. The predicted octanol–water partition coefficient (Wildman–Crippen LogP) is 2.83. The summed E-state index contributed by atoms with van der Waals surface area (Å²) < 4.78 is 16.4. The summed E-state index contributed by atoms with van der Waals surface area (Å²) in [5.41, 5.74) is 4.09. The second-order valence-corrected chi connectivity index (χ2v) is 6.53. The molecule has 0 unspecified atom stereocenters. The van der Waals surface area contributed by atoms with Gasteiger partial charge in [0.2, 0.25) is 0 Å². The maximum absolute atomic E-state index is 14.2. The normalized spacial score (nSPS) is 14.0.